The van der Waals surface area contributed by atoms with Gasteiger partial charge in [-0.15, -0.1) is 0 Å². The van der Waals surface area contributed by atoms with Gasteiger partial charge in [0.05, 0.1) is 24.1 Å². The number of piperazine rings is 1. The van der Waals surface area contributed by atoms with Gasteiger partial charge in [-0.1, -0.05) is 19.1 Å². The Morgan fingerprint density at radius 3 is 2.79 bits per heavy atom. The van der Waals surface area contributed by atoms with Crippen LogP contribution in [0.1, 0.15) is 25.2 Å². The molecule has 0 saturated carbocycles. The highest BCUT2D eigenvalue weighted by Gasteiger charge is 2.30. The molecule has 1 fully saturated rings. The van der Waals surface area contributed by atoms with Crippen LogP contribution in [0, 0.1) is 0 Å². The molecular weight excluding hydrogens is 304 g/mol. The second kappa shape index (κ2) is 7.88. The van der Waals surface area contributed by atoms with Crippen molar-refractivity contribution in [3.05, 3.63) is 40.4 Å². The van der Waals surface area contributed by atoms with Gasteiger partial charge in [0.15, 0.2) is 5.82 Å². The van der Waals surface area contributed by atoms with Crippen molar-refractivity contribution >= 4 is 10.9 Å². The standard InChI is InChI=1S/C18H26N4O2/c1-3-16(21-10-8-19-9-11-21)17-20-15-7-5-4-6-14(15)18(23)22(17)12-13-24-2/h4-7,16,19H,3,8-13H2,1-2H3/p+2/t16-/m0/s1. The Morgan fingerprint density at radius 2 is 2.08 bits per heavy atom. The van der Waals surface area contributed by atoms with Gasteiger partial charge in [0.2, 0.25) is 0 Å². The quantitative estimate of drug-likeness (QED) is 0.710. The lowest BCUT2D eigenvalue weighted by molar-refractivity contribution is -0.973. The predicted octanol–water partition coefficient (Wildman–Crippen LogP) is -1.04. The molecule has 2 aromatic rings. The van der Waals surface area contributed by atoms with Crippen molar-refractivity contribution < 1.29 is 15.0 Å². The largest absolute Gasteiger partial charge is 0.383 e. The van der Waals surface area contributed by atoms with Crippen LogP contribution in [0.4, 0.5) is 0 Å². The van der Waals surface area contributed by atoms with Crippen LogP contribution in [-0.2, 0) is 11.3 Å². The van der Waals surface area contributed by atoms with Crippen LogP contribution in [0.2, 0.25) is 0 Å². The zero-order valence-electron chi connectivity index (χ0n) is 14.6. The Morgan fingerprint density at radius 1 is 1.33 bits per heavy atom. The number of methoxy groups -OCH3 is 1. The van der Waals surface area contributed by atoms with Crippen LogP contribution in [-0.4, -0.2) is 49.4 Å². The monoisotopic (exact) mass is 332 g/mol. The number of benzene rings is 1. The summed E-state index contributed by atoms with van der Waals surface area (Å²) in [4.78, 5) is 19.5. The lowest BCUT2D eigenvalue weighted by atomic mass is 10.1. The summed E-state index contributed by atoms with van der Waals surface area (Å²) in [5.41, 5.74) is 0.849. The van der Waals surface area contributed by atoms with Crippen LogP contribution in [0.5, 0.6) is 0 Å². The molecule has 3 rings (SSSR count). The van der Waals surface area contributed by atoms with Gasteiger partial charge in [-0.05, 0) is 12.1 Å². The molecule has 1 saturated heterocycles. The number of nitrogens with zero attached hydrogens (tertiary/aromatic N) is 2. The fourth-order valence-electron chi connectivity index (χ4n) is 3.70. The highest BCUT2D eigenvalue weighted by molar-refractivity contribution is 5.77. The number of nitrogens with two attached hydrogens (primary N) is 1. The second-order valence-corrected chi connectivity index (χ2v) is 6.42. The number of nitrogens with one attached hydrogen (secondary N) is 1. The molecular formula is C18H28N4O2+2. The Labute approximate surface area is 142 Å². The third-order valence-corrected chi connectivity index (χ3v) is 4.96. The van der Waals surface area contributed by atoms with Crippen molar-refractivity contribution in [3.63, 3.8) is 0 Å². The van der Waals surface area contributed by atoms with Crippen molar-refractivity contribution in [1.29, 1.82) is 0 Å². The maximum Gasteiger partial charge on any atom is 0.261 e. The van der Waals surface area contributed by atoms with E-state index in [0.717, 1.165) is 43.9 Å². The van der Waals surface area contributed by atoms with E-state index in [1.165, 1.54) is 4.90 Å². The average molecular weight is 332 g/mol. The first-order chi connectivity index (χ1) is 11.8. The first-order valence-corrected chi connectivity index (χ1v) is 8.91. The number of aromatic nitrogens is 2. The van der Waals surface area contributed by atoms with E-state index in [1.54, 1.807) is 7.11 Å². The smallest absolute Gasteiger partial charge is 0.261 e. The molecule has 0 bridgehead atoms. The summed E-state index contributed by atoms with van der Waals surface area (Å²) in [6, 6.07) is 7.90. The van der Waals surface area contributed by atoms with Gasteiger partial charge in [-0.2, -0.15) is 0 Å². The third kappa shape index (κ3) is 3.36. The summed E-state index contributed by atoms with van der Waals surface area (Å²) in [5.74, 6) is 0.912. The van der Waals surface area contributed by atoms with E-state index in [2.05, 4.69) is 12.2 Å². The average Bonchev–Trinajstić information content (AvgIpc) is 2.63. The maximum atomic E-state index is 13.0. The van der Waals surface area contributed by atoms with E-state index in [-0.39, 0.29) is 11.6 Å². The summed E-state index contributed by atoms with van der Waals surface area (Å²) >= 11 is 0. The van der Waals surface area contributed by atoms with Crippen LogP contribution in [0.3, 0.4) is 0 Å². The minimum atomic E-state index is 0.0501. The first-order valence-electron chi connectivity index (χ1n) is 8.91. The van der Waals surface area contributed by atoms with Crippen molar-refractivity contribution in [3.8, 4) is 0 Å². The zero-order chi connectivity index (χ0) is 16.9. The highest BCUT2D eigenvalue weighted by Crippen LogP contribution is 2.14. The van der Waals surface area contributed by atoms with Crippen molar-refractivity contribution in [2.45, 2.75) is 25.9 Å². The molecule has 1 aliphatic rings. The van der Waals surface area contributed by atoms with Gasteiger partial charge in [-0.25, -0.2) is 4.98 Å². The minimum Gasteiger partial charge on any atom is -0.383 e. The Balaban J connectivity index is 2.10. The molecule has 2 heterocycles. The van der Waals surface area contributed by atoms with Gasteiger partial charge in [-0.3, -0.25) is 9.36 Å². The third-order valence-electron chi connectivity index (χ3n) is 4.96. The summed E-state index contributed by atoms with van der Waals surface area (Å²) in [6.07, 6.45) is 0.979. The van der Waals surface area contributed by atoms with E-state index in [0.29, 0.717) is 18.5 Å². The van der Waals surface area contributed by atoms with Crippen LogP contribution in [0.15, 0.2) is 29.1 Å². The number of hydrogen-bond donors (Lipinski definition) is 2. The SMILES string of the molecule is CC[C@@H](c1nc2ccccc2c(=O)n1CCOC)[NH+]1CC[NH2+]CC1. The van der Waals surface area contributed by atoms with Gasteiger partial charge < -0.3 is 15.0 Å². The number of fused-ring (bicyclic) bond motifs is 1. The second-order valence-electron chi connectivity index (χ2n) is 6.42. The minimum absolute atomic E-state index is 0.0501. The normalized spacial score (nSPS) is 17.2. The highest BCUT2D eigenvalue weighted by atomic mass is 16.5. The van der Waals surface area contributed by atoms with E-state index in [9.17, 15) is 4.79 Å². The van der Waals surface area contributed by atoms with Crippen LogP contribution >= 0.6 is 0 Å². The van der Waals surface area contributed by atoms with Crippen molar-refractivity contribution in [1.82, 2.24) is 9.55 Å². The number of quaternary nitrogens is 2. The Hall–Kier alpha value is -1.76. The molecule has 6 heteroatoms. The molecule has 130 valence electrons. The van der Waals surface area contributed by atoms with E-state index >= 15 is 0 Å². The number of hydrogen-bond acceptors (Lipinski definition) is 3. The molecule has 6 nitrogen and oxygen atoms in total. The van der Waals surface area contributed by atoms with E-state index in [1.807, 2.05) is 28.8 Å². The molecule has 1 aromatic heterocycles. The molecule has 0 unspecified atom stereocenters. The van der Waals surface area contributed by atoms with Crippen molar-refractivity contribution in [2.24, 2.45) is 0 Å². The molecule has 3 N–H and O–H groups in total. The van der Waals surface area contributed by atoms with Gasteiger partial charge in [0, 0.05) is 13.5 Å². The molecule has 1 aliphatic heterocycles. The molecule has 24 heavy (non-hydrogen) atoms. The molecule has 0 radical (unpaired) electrons. The lowest BCUT2D eigenvalue weighted by Gasteiger charge is -2.30. The van der Waals surface area contributed by atoms with Gasteiger partial charge in [0.25, 0.3) is 5.56 Å². The number of para-hydroxylation sites is 1. The lowest BCUT2D eigenvalue weighted by Crippen LogP contribution is -3.20. The molecule has 1 aromatic carbocycles. The Kier molecular flexibility index (Phi) is 5.60. The molecule has 0 spiro atoms. The van der Waals surface area contributed by atoms with Gasteiger partial charge in [0.1, 0.15) is 32.2 Å². The van der Waals surface area contributed by atoms with Crippen molar-refractivity contribution in [2.75, 3.05) is 39.9 Å². The predicted molar refractivity (Wildman–Crippen MR) is 93.3 cm³/mol. The summed E-state index contributed by atoms with van der Waals surface area (Å²) in [7, 11) is 1.67. The topological polar surface area (TPSA) is 65.2 Å². The van der Waals surface area contributed by atoms with Gasteiger partial charge >= 0.3 is 0 Å². The summed E-state index contributed by atoms with van der Waals surface area (Å²) in [5, 5.41) is 3.05. The van der Waals surface area contributed by atoms with E-state index in [4.69, 9.17) is 9.72 Å². The number of ether oxygens (including phenoxy) is 1. The van der Waals surface area contributed by atoms with Crippen LogP contribution in [0.25, 0.3) is 10.9 Å². The van der Waals surface area contributed by atoms with E-state index < -0.39 is 0 Å². The summed E-state index contributed by atoms with van der Waals surface area (Å²) < 4.78 is 7.07. The fraction of sp³-hybridized carbons (Fsp3) is 0.556. The zero-order valence-corrected chi connectivity index (χ0v) is 14.6. The fourth-order valence-corrected chi connectivity index (χ4v) is 3.70. The van der Waals surface area contributed by atoms with Crippen LogP contribution < -0.4 is 15.8 Å². The number of rotatable bonds is 6. The Bertz CT molecular complexity index is 737. The molecule has 1 atom stereocenters. The molecule has 0 aliphatic carbocycles. The summed E-state index contributed by atoms with van der Waals surface area (Å²) in [6.45, 7) is 7.78. The maximum absolute atomic E-state index is 13.0. The first kappa shape index (κ1) is 17.1. The molecule has 0 amide bonds.